The SMILES string of the molecule is O=C1CCN1[S]. The van der Waals surface area contributed by atoms with Crippen molar-refractivity contribution in [3.05, 3.63) is 0 Å². The lowest BCUT2D eigenvalue weighted by Crippen LogP contribution is -2.35. The molecular weight excluding hydrogens is 98.1 g/mol. The zero-order valence-corrected chi connectivity index (χ0v) is 3.99. The smallest absolute Gasteiger partial charge is 0.234 e. The Morgan fingerprint density at radius 3 is 2.33 bits per heavy atom. The molecule has 33 valence electrons. The summed E-state index contributed by atoms with van der Waals surface area (Å²) in [5.74, 6) is 0.0880. The quantitative estimate of drug-likeness (QED) is 0.404. The molecule has 0 N–H and O–H groups in total. The summed E-state index contributed by atoms with van der Waals surface area (Å²) in [7, 11) is 0. The van der Waals surface area contributed by atoms with Crippen molar-refractivity contribution in [2.75, 3.05) is 6.54 Å². The van der Waals surface area contributed by atoms with E-state index in [9.17, 15) is 4.79 Å². The fraction of sp³-hybridized carbons (Fsp3) is 0.667. The molecule has 0 aromatic carbocycles. The Hall–Kier alpha value is -0.180. The van der Waals surface area contributed by atoms with E-state index in [0.29, 0.717) is 6.42 Å². The Bertz CT molecular complexity index is 82.9. The average molecular weight is 102 g/mol. The van der Waals surface area contributed by atoms with Gasteiger partial charge in [0.2, 0.25) is 5.91 Å². The van der Waals surface area contributed by atoms with Crippen molar-refractivity contribution >= 4 is 18.7 Å². The number of hydrogen-bond donors (Lipinski definition) is 0. The van der Waals surface area contributed by atoms with Crippen LogP contribution < -0.4 is 0 Å². The standard InChI is InChI=1S/C3H4NOS/c5-3-1-2-4(3)6/h1-2H2. The van der Waals surface area contributed by atoms with Crippen LogP contribution >= 0.6 is 12.8 Å². The Morgan fingerprint density at radius 1 is 1.83 bits per heavy atom. The zero-order valence-electron chi connectivity index (χ0n) is 3.18. The summed E-state index contributed by atoms with van der Waals surface area (Å²) >= 11 is 4.47. The van der Waals surface area contributed by atoms with Crippen LogP contribution in [0, 0.1) is 0 Å². The predicted octanol–water partition coefficient (Wildman–Crippen LogP) is 0.331. The minimum Gasteiger partial charge on any atom is -0.275 e. The van der Waals surface area contributed by atoms with E-state index in [1.807, 2.05) is 0 Å². The number of carbonyl (C=O) groups excluding carboxylic acids is 1. The minimum absolute atomic E-state index is 0.0880. The molecule has 0 bridgehead atoms. The van der Waals surface area contributed by atoms with Gasteiger partial charge in [-0.1, -0.05) is 0 Å². The Balaban J connectivity index is 2.39. The van der Waals surface area contributed by atoms with Crippen molar-refractivity contribution in [1.29, 1.82) is 0 Å². The second-order valence-electron chi connectivity index (χ2n) is 1.25. The summed E-state index contributed by atoms with van der Waals surface area (Å²) in [6.07, 6.45) is 0.656. The highest BCUT2D eigenvalue weighted by Gasteiger charge is 2.19. The number of carbonyl (C=O) groups is 1. The third-order valence-corrected chi connectivity index (χ3v) is 1.19. The average Bonchev–Trinajstić information content (AvgIpc) is 1.61. The van der Waals surface area contributed by atoms with Crippen LogP contribution in [0.2, 0.25) is 0 Å². The van der Waals surface area contributed by atoms with Crippen LogP contribution in [0.25, 0.3) is 0 Å². The van der Waals surface area contributed by atoms with E-state index in [4.69, 9.17) is 0 Å². The number of nitrogens with zero attached hydrogens (tertiary/aromatic N) is 1. The van der Waals surface area contributed by atoms with E-state index in [0.717, 1.165) is 6.54 Å². The van der Waals surface area contributed by atoms with E-state index < -0.39 is 0 Å². The topological polar surface area (TPSA) is 20.3 Å². The van der Waals surface area contributed by atoms with E-state index >= 15 is 0 Å². The zero-order chi connectivity index (χ0) is 4.57. The first-order valence-corrected chi connectivity index (χ1v) is 2.15. The van der Waals surface area contributed by atoms with Crippen LogP contribution in [0.1, 0.15) is 6.42 Å². The van der Waals surface area contributed by atoms with Crippen LogP contribution in [-0.2, 0) is 4.79 Å². The van der Waals surface area contributed by atoms with Gasteiger partial charge in [0.25, 0.3) is 0 Å². The van der Waals surface area contributed by atoms with Crippen LogP contribution in [0.5, 0.6) is 0 Å². The van der Waals surface area contributed by atoms with E-state index in [2.05, 4.69) is 12.8 Å². The maximum absolute atomic E-state index is 10.1. The van der Waals surface area contributed by atoms with E-state index in [1.165, 1.54) is 4.31 Å². The van der Waals surface area contributed by atoms with Crippen LogP contribution in [0.15, 0.2) is 0 Å². The molecule has 1 heterocycles. The van der Waals surface area contributed by atoms with Crippen molar-refractivity contribution in [1.82, 2.24) is 4.31 Å². The Labute approximate surface area is 41.7 Å². The molecule has 0 atom stereocenters. The number of β-lactam (4-membered cyclic amide) rings is 1. The van der Waals surface area contributed by atoms with Gasteiger partial charge in [0.05, 0.1) is 0 Å². The molecule has 1 amide bonds. The molecule has 1 radical (unpaired) electrons. The van der Waals surface area contributed by atoms with Crippen molar-refractivity contribution < 1.29 is 4.79 Å². The molecule has 0 aromatic rings. The Morgan fingerprint density at radius 2 is 2.33 bits per heavy atom. The fourth-order valence-corrected chi connectivity index (χ4v) is 0.477. The first-order chi connectivity index (χ1) is 2.80. The van der Waals surface area contributed by atoms with Crippen molar-refractivity contribution in [2.45, 2.75) is 6.42 Å². The molecule has 0 spiro atoms. The third kappa shape index (κ3) is 0.391. The van der Waals surface area contributed by atoms with Gasteiger partial charge in [0, 0.05) is 25.8 Å². The van der Waals surface area contributed by atoms with Gasteiger partial charge in [-0.3, -0.25) is 9.10 Å². The second kappa shape index (κ2) is 1.15. The van der Waals surface area contributed by atoms with Crippen LogP contribution in [0.3, 0.4) is 0 Å². The third-order valence-electron chi connectivity index (χ3n) is 0.807. The summed E-state index contributed by atoms with van der Waals surface area (Å²) in [5, 5.41) is 0. The van der Waals surface area contributed by atoms with Crippen molar-refractivity contribution in [3.8, 4) is 0 Å². The molecule has 0 aliphatic carbocycles. The first kappa shape index (κ1) is 3.99. The lowest BCUT2D eigenvalue weighted by molar-refractivity contribution is -0.132. The summed E-state index contributed by atoms with van der Waals surface area (Å²) in [4.78, 5) is 10.1. The summed E-state index contributed by atoms with van der Waals surface area (Å²) in [6, 6.07) is 0. The van der Waals surface area contributed by atoms with Gasteiger partial charge in [0.15, 0.2) is 0 Å². The molecule has 0 aromatic heterocycles. The van der Waals surface area contributed by atoms with Gasteiger partial charge in [-0.05, 0) is 0 Å². The largest absolute Gasteiger partial charge is 0.275 e. The molecule has 1 aliphatic rings. The molecular formula is C3H4NOS. The molecule has 1 saturated heterocycles. The normalized spacial score (nSPS) is 20.8. The summed E-state index contributed by atoms with van der Waals surface area (Å²) in [6.45, 7) is 0.772. The molecule has 0 saturated carbocycles. The van der Waals surface area contributed by atoms with Crippen LogP contribution in [0.4, 0.5) is 0 Å². The first-order valence-electron chi connectivity index (χ1n) is 1.78. The maximum Gasteiger partial charge on any atom is 0.234 e. The summed E-state index contributed by atoms with van der Waals surface area (Å²) in [5.41, 5.74) is 0. The highest BCUT2D eigenvalue weighted by Crippen LogP contribution is 2.08. The lowest BCUT2D eigenvalue weighted by atomic mass is 10.3. The van der Waals surface area contributed by atoms with E-state index in [1.54, 1.807) is 0 Å². The van der Waals surface area contributed by atoms with Crippen molar-refractivity contribution in [3.63, 3.8) is 0 Å². The molecule has 2 nitrogen and oxygen atoms in total. The lowest BCUT2D eigenvalue weighted by Gasteiger charge is -2.21. The predicted molar refractivity (Wildman–Crippen MR) is 23.9 cm³/mol. The second-order valence-corrected chi connectivity index (χ2v) is 1.69. The molecule has 6 heavy (non-hydrogen) atoms. The van der Waals surface area contributed by atoms with E-state index in [-0.39, 0.29) is 5.91 Å². The highest BCUT2D eigenvalue weighted by atomic mass is 32.1. The van der Waals surface area contributed by atoms with Gasteiger partial charge >= 0.3 is 0 Å². The Kier molecular flexibility index (Phi) is 0.765. The molecule has 3 heteroatoms. The van der Waals surface area contributed by atoms with Gasteiger partial charge in [-0.2, -0.15) is 0 Å². The molecule has 1 aliphatic heterocycles. The number of hydrogen-bond acceptors (Lipinski definition) is 1. The maximum atomic E-state index is 10.1. The number of rotatable bonds is 0. The monoisotopic (exact) mass is 102 g/mol. The number of amides is 1. The van der Waals surface area contributed by atoms with Crippen LogP contribution in [-0.4, -0.2) is 16.8 Å². The van der Waals surface area contributed by atoms with Crippen molar-refractivity contribution in [2.24, 2.45) is 0 Å². The van der Waals surface area contributed by atoms with Gasteiger partial charge in [-0.25, -0.2) is 0 Å². The molecule has 1 rings (SSSR count). The fourth-order valence-electron chi connectivity index (χ4n) is 0.294. The van der Waals surface area contributed by atoms with Gasteiger partial charge < -0.3 is 0 Å². The van der Waals surface area contributed by atoms with Gasteiger partial charge in [0.1, 0.15) is 0 Å². The summed E-state index contributed by atoms with van der Waals surface area (Å²) < 4.78 is 1.29. The van der Waals surface area contributed by atoms with Gasteiger partial charge in [-0.15, -0.1) is 0 Å². The highest BCUT2D eigenvalue weighted by molar-refractivity contribution is 7.78. The minimum atomic E-state index is 0.0880. The molecule has 1 fully saturated rings. The molecule has 0 unspecified atom stereocenters.